The van der Waals surface area contributed by atoms with Crippen molar-refractivity contribution in [2.75, 3.05) is 0 Å². The Hall–Kier alpha value is -1.44. The summed E-state index contributed by atoms with van der Waals surface area (Å²) in [6.45, 7) is 5.23. The first-order valence-corrected chi connectivity index (χ1v) is 7.29. The largest absolute Gasteiger partial charge is 0.368 e. The molecule has 0 saturated carbocycles. The van der Waals surface area contributed by atoms with Gasteiger partial charge in [-0.25, -0.2) is 13.6 Å². The van der Waals surface area contributed by atoms with E-state index in [1.807, 2.05) is 6.92 Å². The van der Waals surface area contributed by atoms with Gasteiger partial charge in [-0.05, 0) is 38.5 Å². The highest BCUT2D eigenvalue weighted by Gasteiger charge is 2.26. The van der Waals surface area contributed by atoms with Gasteiger partial charge < -0.3 is 5.73 Å². The van der Waals surface area contributed by atoms with E-state index in [0.717, 1.165) is 5.56 Å². The maximum Gasteiger partial charge on any atom is 0.238 e. The third-order valence-corrected chi connectivity index (χ3v) is 3.83. The van der Waals surface area contributed by atoms with E-state index in [9.17, 15) is 13.2 Å². The number of rotatable bonds is 5. The van der Waals surface area contributed by atoms with E-state index < -0.39 is 21.5 Å². The highest BCUT2D eigenvalue weighted by Crippen LogP contribution is 2.18. The van der Waals surface area contributed by atoms with Gasteiger partial charge in [0.25, 0.3) is 0 Å². The van der Waals surface area contributed by atoms with Gasteiger partial charge in [0.05, 0.1) is 10.4 Å². The van der Waals surface area contributed by atoms with Crippen molar-refractivity contribution in [2.24, 2.45) is 10.9 Å². The van der Waals surface area contributed by atoms with Gasteiger partial charge in [0.15, 0.2) is 0 Å². The summed E-state index contributed by atoms with van der Waals surface area (Å²) in [6.07, 6.45) is 0. The van der Waals surface area contributed by atoms with Gasteiger partial charge in [-0.3, -0.25) is 10.1 Å². The molecule has 6 nitrogen and oxygen atoms in total. The molecule has 5 N–H and O–H groups in total. The van der Waals surface area contributed by atoms with Crippen molar-refractivity contribution in [1.82, 2.24) is 5.32 Å². The second-order valence-electron chi connectivity index (χ2n) is 4.97. The summed E-state index contributed by atoms with van der Waals surface area (Å²) in [7, 11) is -3.69. The molecule has 106 valence electrons. The Morgan fingerprint density at radius 3 is 2.11 bits per heavy atom. The monoisotopic (exact) mass is 285 g/mol. The van der Waals surface area contributed by atoms with Crippen LogP contribution in [-0.2, 0) is 14.8 Å². The molecule has 0 radical (unpaired) electrons. The Kier molecular flexibility index (Phi) is 4.34. The lowest BCUT2D eigenvalue weighted by atomic mass is 10.0. The molecular formula is C12H19N3O3S. The number of carbonyl (C=O) groups is 1. The average Bonchev–Trinajstić information content (AvgIpc) is 2.27. The van der Waals surface area contributed by atoms with E-state index in [-0.39, 0.29) is 10.9 Å². The number of hydrogen-bond donors (Lipinski definition) is 3. The van der Waals surface area contributed by atoms with Crippen LogP contribution in [0.3, 0.4) is 0 Å². The molecule has 0 aromatic heterocycles. The molecule has 1 unspecified atom stereocenters. The maximum absolute atomic E-state index is 11.2. The number of sulfonamides is 1. The van der Waals surface area contributed by atoms with E-state index >= 15 is 0 Å². The normalized spacial score (nSPS) is 14.1. The lowest BCUT2D eigenvalue weighted by Crippen LogP contribution is -2.51. The summed E-state index contributed by atoms with van der Waals surface area (Å²) >= 11 is 0. The van der Waals surface area contributed by atoms with Crippen LogP contribution in [-0.4, -0.2) is 19.9 Å². The number of hydrogen-bond acceptors (Lipinski definition) is 4. The molecule has 1 atom stereocenters. The van der Waals surface area contributed by atoms with Crippen LogP contribution in [0.2, 0.25) is 0 Å². The molecule has 0 aliphatic heterocycles. The van der Waals surface area contributed by atoms with E-state index in [4.69, 9.17) is 10.9 Å². The average molecular weight is 285 g/mol. The summed E-state index contributed by atoms with van der Waals surface area (Å²) < 4.78 is 22.3. The van der Waals surface area contributed by atoms with Crippen molar-refractivity contribution in [1.29, 1.82) is 0 Å². The van der Waals surface area contributed by atoms with Gasteiger partial charge in [-0.1, -0.05) is 12.1 Å². The second-order valence-corrected chi connectivity index (χ2v) is 6.53. The first-order chi connectivity index (χ1) is 8.54. The number of amides is 1. The summed E-state index contributed by atoms with van der Waals surface area (Å²) in [4.78, 5) is 11.3. The van der Waals surface area contributed by atoms with Crippen molar-refractivity contribution < 1.29 is 13.2 Å². The molecule has 1 rings (SSSR count). The summed E-state index contributed by atoms with van der Waals surface area (Å²) in [5.74, 6) is -0.458. The molecule has 1 aromatic rings. The Balaban J connectivity index is 2.91. The minimum absolute atomic E-state index is 0.0533. The van der Waals surface area contributed by atoms with Gasteiger partial charge in [0, 0.05) is 6.04 Å². The zero-order chi connectivity index (χ0) is 14.8. The minimum atomic E-state index is -3.69. The highest BCUT2D eigenvalue weighted by atomic mass is 32.2. The Morgan fingerprint density at radius 1 is 1.26 bits per heavy atom. The molecule has 1 aromatic carbocycles. The molecular weight excluding hydrogens is 266 g/mol. The van der Waals surface area contributed by atoms with Gasteiger partial charge in [-0.15, -0.1) is 0 Å². The number of carbonyl (C=O) groups excluding carboxylic acids is 1. The molecule has 0 spiro atoms. The molecule has 19 heavy (non-hydrogen) atoms. The Bertz CT molecular complexity index is 564. The van der Waals surface area contributed by atoms with E-state index in [1.54, 1.807) is 26.0 Å². The Morgan fingerprint density at radius 2 is 1.74 bits per heavy atom. The van der Waals surface area contributed by atoms with Crippen LogP contribution < -0.4 is 16.2 Å². The van der Waals surface area contributed by atoms with Crippen molar-refractivity contribution in [3.63, 3.8) is 0 Å². The maximum atomic E-state index is 11.2. The first kappa shape index (κ1) is 15.6. The van der Waals surface area contributed by atoms with Crippen LogP contribution in [0, 0.1) is 0 Å². The van der Waals surface area contributed by atoms with Gasteiger partial charge in [-0.2, -0.15) is 0 Å². The number of primary sulfonamides is 1. The second kappa shape index (κ2) is 5.28. The molecule has 0 heterocycles. The molecule has 0 saturated heterocycles. The van der Waals surface area contributed by atoms with E-state index in [1.165, 1.54) is 12.1 Å². The lowest BCUT2D eigenvalue weighted by molar-refractivity contribution is -0.123. The van der Waals surface area contributed by atoms with Crippen LogP contribution >= 0.6 is 0 Å². The first-order valence-electron chi connectivity index (χ1n) is 5.74. The number of nitrogens with one attached hydrogen (secondary N) is 1. The van der Waals surface area contributed by atoms with Crippen LogP contribution in [0.5, 0.6) is 0 Å². The number of primary amides is 1. The zero-order valence-electron chi connectivity index (χ0n) is 11.2. The topological polar surface area (TPSA) is 115 Å². The van der Waals surface area contributed by atoms with E-state index in [0.29, 0.717) is 0 Å². The quantitative estimate of drug-likeness (QED) is 0.719. The fourth-order valence-electron chi connectivity index (χ4n) is 1.64. The fraction of sp³-hybridized carbons (Fsp3) is 0.417. The van der Waals surface area contributed by atoms with Crippen LogP contribution in [0.1, 0.15) is 32.4 Å². The predicted octanol–water partition coefficient (Wildman–Crippen LogP) is 0.249. The third-order valence-electron chi connectivity index (χ3n) is 2.90. The van der Waals surface area contributed by atoms with Crippen LogP contribution in [0.15, 0.2) is 29.2 Å². The van der Waals surface area contributed by atoms with Crippen molar-refractivity contribution >= 4 is 15.9 Å². The van der Waals surface area contributed by atoms with Gasteiger partial charge >= 0.3 is 0 Å². The molecule has 0 aliphatic carbocycles. The molecule has 0 bridgehead atoms. The molecule has 7 heteroatoms. The van der Waals surface area contributed by atoms with Crippen molar-refractivity contribution in [3.05, 3.63) is 29.8 Å². The molecule has 1 amide bonds. The summed E-state index contributed by atoms with van der Waals surface area (Å²) in [6, 6.07) is 6.00. The molecule has 0 fully saturated rings. The SMILES string of the molecule is CC(NC(C)(C)C(N)=O)c1ccc(S(N)(=O)=O)cc1. The van der Waals surface area contributed by atoms with Gasteiger partial charge in [0.1, 0.15) is 0 Å². The zero-order valence-corrected chi connectivity index (χ0v) is 12.0. The third kappa shape index (κ3) is 4.02. The standard InChI is InChI=1S/C12H19N3O3S/c1-8(15-12(2,3)11(13)16)9-4-6-10(7-5-9)19(14,17)18/h4-8,15H,1-3H3,(H2,13,16)(H2,14,17,18). The predicted molar refractivity (Wildman–Crippen MR) is 72.6 cm³/mol. The smallest absolute Gasteiger partial charge is 0.238 e. The number of nitrogens with two attached hydrogens (primary N) is 2. The lowest BCUT2D eigenvalue weighted by Gasteiger charge is -2.27. The van der Waals surface area contributed by atoms with Crippen LogP contribution in [0.25, 0.3) is 0 Å². The van der Waals surface area contributed by atoms with E-state index in [2.05, 4.69) is 5.32 Å². The number of benzene rings is 1. The highest BCUT2D eigenvalue weighted by molar-refractivity contribution is 7.89. The van der Waals surface area contributed by atoms with Crippen LogP contribution in [0.4, 0.5) is 0 Å². The summed E-state index contributed by atoms with van der Waals surface area (Å²) in [5, 5.41) is 8.09. The fourth-order valence-corrected chi connectivity index (χ4v) is 2.16. The Labute approximate surface area is 113 Å². The summed E-state index contributed by atoms with van der Waals surface area (Å²) in [5.41, 5.74) is 5.27. The molecule has 0 aliphatic rings. The van der Waals surface area contributed by atoms with Crippen molar-refractivity contribution in [3.8, 4) is 0 Å². The minimum Gasteiger partial charge on any atom is -0.368 e. The van der Waals surface area contributed by atoms with Gasteiger partial charge in [0.2, 0.25) is 15.9 Å². The van der Waals surface area contributed by atoms with Crippen molar-refractivity contribution in [2.45, 2.75) is 37.2 Å².